The van der Waals surface area contributed by atoms with Crippen LogP contribution >= 0.6 is 15.9 Å². The van der Waals surface area contributed by atoms with E-state index in [2.05, 4.69) is 26.2 Å². The Hall–Kier alpha value is -5.21. The average molecular weight is 779 g/mol. The molecule has 0 bridgehead atoms. The van der Waals surface area contributed by atoms with E-state index in [9.17, 15) is 32.7 Å². The van der Waals surface area contributed by atoms with Crippen molar-refractivity contribution in [1.82, 2.24) is 24.3 Å². The Morgan fingerprint density at radius 1 is 1.04 bits per heavy atom. The Bertz CT molecular complexity index is 2180. The predicted molar refractivity (Wildman–Crippen MR) is 191 cm³/mol. The Morgan fingerprint density at radius 3 is 2.42 bits per heavy atom. The highest BCUT2D eigenvalue weighted by Crippen LogP contribution is 2.31. The third-order valence-corrected chi connectivity index (χ3v) is 9.94. The summed E-state index contributed by atoms with van der Waals surface area (Å²) in [5.74, 6) is -0.830. The van der Waals surface area contributed by atoms with Gasteiger partial charge in [-0.05, 0) is 86.5 Å². The molecule has 0 radical (unpaired) electrons. The fraction of sp³-hybridized carbons (Fsp3) is 0.263. The van der Waals surface area contributed by atoms with Crippen LogP contribution in [0.1, 0.15) is 51.5 Å². The number of ether oxygens (including phenoxy) is 1. The molecule has 6 rings (SSSR count). The monoisotopic (exact) mass is 777 g/mol. The topological polar surface area (TPSA) is 119 Å². The van der Waals surface area contributed by atoms with E-state index in [1.54, 1.807) is 35.4 Å². The summed E-state index contributed by atoms with van der Waals surface area (Å²) in [6, 6.07) is 23.5. The molecular weight excluding hydrogens is 743 g/mol. The van der Waals surface area contributed by atoms with Crippen LogP contribution in [0.2, 0.25) is 0 Å². The maximum Gasteiger partial charge on any atom is 0.420 e. The molecule has 2 amide bonds. The van der Waals surface area contributed by atoms with Crippen molar-refractivity contribution in [3.8, 4) is 22.7 Å². The maximum absolute atomic E-state index is 14.3. The minimum Gasteiger partial charge on any atom is -0.490 e. The maximum atomic E-state index is 14.3. The van der Waals surface area contributed by atoms with Gasteiger partial charge in [-0.1, -0.05) is 46.3 Å². The second-order valence-corrected chi connectivity index (χ2v) is 13.7. The molecule has 1 aliphatic rings. The zero-order valence-electron chi connectivity index (χ0n) is 28.4. The fourth-order valence-corrected chi connectivity index (χ4v) is 6.25. The summed E-state index contributed by atoms with van der Waals surface area (Å²) in [5.41, 5.74) is 0.609. The van der Waals surface area contributed by atoms with Crippen LogP contribution in [0.4, 0.5) is 13.2 Å². The summed E-state index contributed by atoms with van der Waals surface area (Å²) in [6.07, 6.45) is -3.23. The van der Waals surface area contributed by atoms with Crippen LogP contribution in [0.15, 0.2) is 100 Å². The number of rotatable bonds is 9. The number of carbonyl (C=O) groups excluding carboxylic acids is 2. The van der Waals surface area contributed by atoms with E-state index in [1.807, 2.05) is 50.2 Å². The van der Waals surface area contributed by atoms with Gasteiger partial charge in [-0.25, -0.2) is 4.79 Å². The van der Waals surface area contributed by atoms with Crippen molar-refractivity contribution in [3.05, 3.63) is 134 Å². The second-order valence-electron chi connectivity index (χ2n) is 12.9. The second kappa shape index (κ2) is 14.4. The Kier molecular flexibility index (Phi) is 10.1. The molecule has 3 aromatic carbocycles. The van der Waals surface area contributed by atoms with E-state index in [-0.39, 0.29) is 42.7 Å². The number of hydrogen-bond acceptors (Lipinski definition) is 6. The molecule has 3 heterocycles. The van der Waals surface area contributed by atoms with E-state index in [4.69, 9.17) is 4.74 Å². The molecule has 0 saturated carbocycles. The number of imidazole rings is 1. The number of amides is 2. The molecule has 10 nitrogen and oxygen atoms in total. The molecule has 2 aromatic heterocycles. The summed E-state index contributed by atoms with van der Waals surface area (Å²) in [7, 11) is 0. The number of fused-ring (bicyclic) bond motifs is 1. The van der Waals surface area contributed by atoms with Gasteiger partial charge in [0, 0.05) is 40.9 Å². The van der Waals surface area contributed by atoms with Crippen molar-refractivity contribution in [2.24, 2.45) is 0 Å². The number of benzene rings is 3. The van der Waals surface area contributed by atoms with Crippen LogP contribution in [-0.4, -0.2) is 60.4 Å². The lowest BCUT2D eigenvalue weighted by atomic mass is 10.0. The largest absolute Gasteiger partial charge is 0.490 e. The molecule has 2 N–H and O–H groups in total. The van der Waals surface area contributed by atoms with Crippen LogP contribution in [-0.2, 0) is 19.6 Å². The van der Waals surface area contributed by atoms with Gasteiger partial charge in [0.05, 0.1) is 23.6 Å². The number of aryl methyl sites for hydroxylation is 1. The van der Waals surface area contributed by atoms with Crippen molar-refractivity contribution in [2.75, 3.05) is 6.61 Å². The van der Waals surface area contributed by atoms with Crippen LogP contribution in [0.3, 0.4) is 0 Å². The van der Waals surface area contributed by atoms with E-state index < -0.39 is 36.0 Å². The summed E-state index contributed by atoms with van der Waals surface area (Å²) >= 11 is 3.47. The fourth-order valence-electron chi connectivity index (χ4n) is 6.01. The number of pyridine rings is 1. The molecule has 0 saturated heterocycles. The van der Waals surface area contributed by atoms with E-state index >= 15 is 0 Å². The molecule has 270 valence electrons. The van der Waals surface area contributed by atoms with E-state index in [0.717, 1.165) is 26.9 Å². The zero-order chi connectivity index (χ0) is 37.4. The summed E-state index contributed by atoms with van der Waals surface area (Å²) in [5, 5.41) is 12.7. The highest BCUT2D eigenvalue weighted by molar-refractivity contribution is 9.10. The van der Waals surface area contributed by atoms with Gasteiger partial charge in [-0.3, -0.25) is 23.7 Å². The van der Waals surface area contributed by atoms with Crippen molar-refractivity contribution in [1.29, 1.82) is 0 Å². The number of alkyl halides is 3. The first-order valence-corrected chi connectivity index (χ1v) is 17.2. The molecule has 0 spiro atoms. The van der Waals surface area contributed by atoms with Gasteiger partial charge in [0.15, 0.2) is 5.60 Å². The summed E-state index contributed by atoms with van der Waals surface area (Å²) in [6.45, 7) is 3.42. The van der Waals surface area contributed by atoms with Gasteiger partial charge in [0.1, 0.15) is 18.1 Å². The third-order valence-electron chi connectivity index (χ3n) is 9.05. The lowest BCUT2D eigenvalue weighted by molar-refractivity contribution is -0.260. The van der Waals surface area contributed by atoms with Gasteiger partial charge in [0.25, 0.3) is 11.8 Å². The highest BCUT2D eigenvalue weighted by atomic mass is 79.9. The van der Waals surface area contributed by atoms with Gasteiger partial charge in [-0.15, -0.1) is 0 Å². The minimum absolute atomic E-state index is 0.00526. The number of hydrogen-bond donors (Lipinski definition) is 2. The standard InChI is InChI=1S/C38H35BrF3N5O5/c1-23-18-25(11-16-30(23)39)35(49)45-21-32-33(34(48)44-19-26-8-4-5-9-29(26)31-10-6-7-17-43-31)47(36(50)46(32)20-24(45)2)27-12-14-28(15-13-27)52-22-37(3,51)38(40,41)42/h4-18,24,51H,19-22H2,1-3H3,(H,44,48)/t24-,37-/m1/s1. The molecule has 52 heavy (non-hydrogen) atoms. The molecule has 0 aliphatic carbocycles. The van der Waals surface area contributed by atoms with Crippen molar-refractivity contribution in [3.63, 3.8) is 0 Å². The number of aliphatic hydroxyl groups is 1. The van der Waals surface area contributed by atoms with Gasteiger partial charge in [0.2, 0.25) is 0 Å². The first-order chi connectivity index (χ1) is 24.7. The Balaban J connectivity index is 1.37. The lowest BCUT2D eigenvalue weighted by Crippen LogP contribution is -2.47. The van der Waals surface area contributed by atoms with E-state index in [0.29, 0.717) is 18.2 Å². The van der Waals surface area contributed by atoms with Crippen LogP contribution in [0.5, 0.6) is 5.75 Å². The van der Waals surface area contributed by atoms with Gasteiger partial charge < -0.3 is 20.1 Å². The van der Waals surface area contributed by atoms with Crippen LogP contribution < -0.4 is 15.7 Å². The summed E-state index contributed by atoms with van der Waals surface area (Å²) < 4.78 is 48.3. The molecule has 1 aliphatic heterocycles. The third kappa shape index (κ3) is 7.26. The van der Waals surface area contributed by atoms with Gasteiger partial charge >= 0.3 is 11.9 Å². The number of carbonyl (C=O) groups is 2. The lowest BCUT2D eigenvalue weighted by Gasteiger charge is -2.34. The number of aromatic nitrogens is 3. The van der Waals surface area contributed by atoms with Crippen LogP contribution in [0, 0.1) is 6.92 Å². The number of halogens is 4. The first-order valence-electron chi connectivity index (χ1n) is 16.4. The average Bonchev–Trinajstić information content (AvgIpc) is 3.41. The predicted octanol–water partition coefficient (Wildman–Crippen LogP) is 6.44. The normalized spacial score (nSPS) is 15.5. The molecule has 0 fully saturated rings. The summed E-state index contributed by atoms with van der Waals surface area (Å²) in [4.78, 5) is 48.3. The molecular formula is C38H35BrF3N5O5. The quantitative estimate of drug-likeness (QED) is 0.178. The van der Waals surface area contributed by atoms with Crippen LogP contribution in [0.25, 0.3) is 16.9 Å². The number of nitrogens with zero attached hydrogens (tertiary/aromatic N) is 4. The Labute approximate surface area is 305 Å². The highest BCUT2D eigenvalue weighted by Gasteiger charge is 2.50. The first kappa shape index (κ1) is 36.6. The minimum atomic E-state index is -4.91. The van der Waals surface area contributed by atoms with E-state index in [1.165, 1.54) is 33.4 Å². The smallest absolute Gasteiger partial charge is 0.420 e. The molecule has 14 heteroatoms. The SMILES string of the molecule is Cc1cc(C(=O)N2Cc3c(C(=O)NCc4ccccc4-c4ccccn4)n(-c4ccc(OC[C@@](C)(O)C(F)(F)F)cc4)c(=O)n3C[C@H]2C)ccc1Br. The van der Waals surface area contributed by atoms with Gasteiger partial charge in [-0.2, -0.15) is 13.2 Å². The van der Waals surface area contributed by atoms with Crippen molar-refractivity contribution in [2.45, 2.75) is 58.2 Å². The van der Waals surface area contributed by atoms with Crippen molar-refractivity contribution < 1.29 is 32.6 Å². The molecule has 5 aromatic rings. The van der Waals surface area contributed by atoms with Crippen molar-refractivity contribution >= 4 is 27.7 Å². The zero-order valence-corrected chi connectivity index (χ0v) is 30.0. The Morgan fingerprint density at radius 2 is 1.75 bits per heavy atom. The number of nitrogens with one attached hydrogen (secondary N) is 1. The molecule has 2 atom stereocenters. The molecule has 0 unspecified atom stereocenters.